The van der Waals surface area contributed by atoms with Gasteiger partial charge >= 0.3 is 0 Å². The van der Waals surface area contributed by atoms with Crippen LogP contribution in [0.1, 0.15) is 21.5 Å². The van der Waals surface area contributed by atoms with Crippen molar-refractivity contribution in [2.75, 3.05) is 5.33 Å². The van der Waals surface area contributed by atoms with E-state index in [4.69, 9.17) is 0 Å². The van der Waals surface area contributed by atoms with Crippen molar-refractivity contribution in [3.8, 4) is 5.75 Å². The van der Waals surface area contributed by atoms with Crippen LogP contribution in [0.3, 0.4) is 0 Å². The predicted octanol–water partition coefficient (Wildman–Crippen LogP) is 2.59. The van der Waals surface area contributed by atoms with Gasteiger partial charge in [-0.3, -0.25) is 4.79 Å². The Morgan fingerprint density at radius 1 is 1.46 bits per heavy atom. The minimum Gasteiger partial charge on any atom is -0.508 e. The third-order valence-electron chi connectivity index (χ3n) is 2.04. The first kappa shape index (κ1) is 10.3. The Hall–Kier alpha value is -0.830. The summed E-state index contributed by atoms with van der Waals surface area (Å²) in [5, 5.41) is 9.69. The third-order valence-corrected chi connectivity index (χ3v) is 2.55. The van der Waals surface area contributed by atoms with Gasteiger partial charge in [-0.15, -0.1) is 0 Å². The van der Waals surface area contributed by atoms with Crippen LogP contribution in [-0.4, -0.2) is 16.2 Å². The molecule has 0 unspecified atom stereocenters. The average Bonchev–Trinajstić information content (AvgIpc) is 2.12. The molecule has 2 nitrogen and oxygen atoms in total. The van der Waals surface area contributed by atoms with Crippen molar-refractivity contribution >= 4 is 21.7 Å². The molecule has 0 aliphatic carbocycles. The van der Waals surface area contributed by atoms with Crippen molar-refractivity contribution in [1.29, 1.82) is 0 Å². The highest BCUT2D eigenvalue weighted by molar-refractivity contribution is 9.09. The smallest absolute Gasteiger partial charge is 0.174 e. The summed E-state index contributed by atoms with van der Waals surface area (Å²) in [4.78, 5) is 11.4. The molecule has 0 aliphatic rings. The summed E-state index contributed by atoms with van der Waals surface area (Å²) in [5.74, 6) is 0.181. The Kier molecular flexibility index (Phi) is 3.09. The molecule has 0 atom stereocenters. The van der Waals surface area contributed by atoms with E-state index in [0.29, 0.717) is 11.1 Å². The van der Waals surface area contributed by atoms with Gasteiger partial charge in [0.2, 0.25) is 0 Å². The highest BCUT2D eigenvalue weighted by Gasteiger charge is 2.12. The minimum absolute atomic E-state index is 0.00546. The first-order valence-corrected chi connectivity index (χ1v) is 5.08. The number of halogens is 1. The first-order valence-electron chi connectivity index (χ1n) is 3.96. The molecule has 0 aromatic heterocycles. The number of carbonyl (C=O) groups excluding carboxylic acids is 1. The summed E-state index contributed by atoms with van der Waals surface area (Å²) >= 11 is 3.11. The summed E-state index contributed by atoms with van der Waals surface area (Å²) in [6, 6.07) is 3.36. The monoisotopic (exact) mass is 242 g/mol. The topological polar surface area (TPSA) is 37.3 Å². The van der Waals surface area contributed by atoms with E-state index in [1.54, 1.807) is 19.1 Å². The summed E-state index contributed by atoms with van der Waals surface area (Å²) in [6.07, 6.45) is 0. The molecule has 0 heterocycles. The maximum atomic E-state index is 11.4. The molecule has 13 heavy (non-hydrogen) atoms. The second-order valence-corrected chi connectivity index (χ2v) is 3.52. The van der Waals surface area contributed by atoms with Gasteiger partial charge in [0, 0.05) is 11.1 Å². The van der Waals surface area contributed by atoms with Crippen molar-refractivity contribution in [2.45, 2.75) is 13.8 Å². The number of aryl methyl sites for hydroxylation is 1. The number of alkyl halides is 1. The molecule has 0 fully saturated rings. The molecule has 0 spiro atoms. The molecule has 0 saturated carbocycles. The number of benzene rings is 1. The Morgan fingerprint density at radius 3 is 2.62 bits per heavy atom. The number of phenolic OH excluding ortho intramolecular Hbond substituents is 1. The van der Waals surface area contributed by atoms with Gasteiger partial charge in [-0.2, -0.15) is 0 Å². The van der Waals surface area contributed by atoms with Crippen molar-refractivity contribution in [3.63, 3.8) is 0 Å². The van der Waals surface area contributed by atoms with Crippen molar-refractivity contribution in [3.05, 3.63) is 28.8 Å². The summed E-state index contributed by atoms with van der Waals surface area (Å²) in [5.41, 5.74) is 2.18. The number of ketones is 1. The molecule has 0 aliphatic heterocycles. The second-order valence-electron chi connectivity index (χ2n) is 2.96. The molecular formula is C10H11BrO2. The van der Waals surface area contributed by atoms with E-state index in [0.717, 1.165) is 5.56 Å². The van der Waals surface area contributed by atoms with Crippen LogP contribution in [0, 0.1) is 13.8 Å². The molecule has 0 amide bonds. The molecule has 1 aromatic rings. The number of hydrogen-bond donors (Lipinski definition) is 1. The van der Waals surface area contributed by atoms with E-state index in [1.165, 1.54) is 0 Å². The number of aromatic hydroxyl groups is 1. The fourth-order valence-electron chi connectivity index (χ4n) is 1.33. The molecule has 1 aromatic carbocycles. The predicted molar refractivity (Wildman–Crippen MR) is 55.7 cm³/mol. The molecule has 0 radical (unpaired) electrons. The highest BCUT2D eigenvalue weighted by Crippen LogP contribution is 2.23. The van der Waals surface area contributed by atoms with E-state index < -0.39 is 0 Å². The standard InChI is InChI=1S/C10H11BrO2/c1-6-3-4-8(12)7(2)10(6)9(13)5-11/h3-4,12H,5H2,1-2H3. The maximum Gasteiger partial charge on any atom is 0.174 e. The number of hydrogen-bond acceptors (Lipinski definition) is 2. The molecule has 1 rings (SSSR count). The lowest BCUT2D eigenvalue weighted by molar-refractivity contribution is 0.102. The fraction of sp³-hybridized carbons (Fsp3) is 0.300. The Bertz CT molecular complexity index is 345. The number of carbonyl (C=O) groups is 1. The first-order chi connectivity index (χ1) is 6.07. The number of rotatable bonds is 2. The van der Waals surface area contributed by atoms with Crippen LogP contribution in [0.2, 0.25) is 0 Å². The summed E-state index contributed by atoms with van der Waals surface area (Å²) in [7, 11) is 0. The van der Waals surface area contributed by atoms with Gasteiger partial charge in [0.1, 0.15) is 5.75 Å². The summed E-state index contributed by atoms with van der Waals surface area (Å²) in [6.45, 7) is 3.61. The normalized spacial score (nSPS) is 10.1. The van der Waals surface area contributed by atoms with Gasteiger partial charge in [0.25, 0.3) is 0 Å². The lowest BCUT2D eigenvalue weighted by atomic mass is 9.99. The zero-order chi connectivity index (χ0) is 10.0. The van der Waals surface area contributed by atoms with Crippen molar-refractivity contribution < 1.29 is 9.90 Å². The van der Waals surface area contributed by atoms with E-state index in [2.05, 4.69) is 15.9 Å². The SMILES string of the molecule is Cc1ccc(O)c(C)c1C(=O)CBr. The van der Waals surface area contributed by atoms with Crippen LogP contribution in [0.4, 0.5) is 0 Å². The lowest BCUT2D eigenvalue weighted by Gasteiger charge is -2.08. The molecular weight excluding hydrogens is 232 g/mol. The van der Waals surface area contributed by atoms with E-state index in [9.17, 15) is 9.90 Å². The van der Waals surface area contributed by atoms with Gasteiger partial charge in [0.15, 0.2) is 5.78 Å². The second kappa shape index (κ2) is 3.92. The van der Waals surface area contributed by atoms with Crippen LogP contribution in [0.15, 0.2) is 12.1 Å². The quantitative estimate of drug-likeness (QED) is 0.640. The average molecular weight is 243 g/mol. The zero-order valence-corrected chi connectivity index (χ0v) is 9.18. The minimum atomic E-state index is 0.00546. The molecule has 1 N–H and O–H groups in total. The maximum absolute atomic E-state index is 11.4. The van der Waals surface area contributed by atoms with Gasteiger partial charge in [-0.1, -0.05) is 22.0 Å². The third kappa shape index (κ3) is 1.91. The largest absolute Gasteiger partial charge is 0.508 e. The number of Topliss-reactive ketones (excluding diaryl/α,β-unsaturated/α-hetero) is 1. The van der Waals surface area contributed by atoms with Gasteiger partial charge in [0.05, 0.1) is 5.33 Å². The Balaban J connectivity index is 3.33. The zero-order valence-electron chi connectivity index (χ0n) is 7.60. The van der Waals surface area contributed by atoms with E-state index in [1.807, 2.05) is 6.92 Å². The van der Waals surface area contributed by atoms with Crippen LogP contribution in [0.5, 0.6) is 5.75 Å². The number of phenols is 1. The molecule has 3 heteroatoms. The van der Waals surface area contributed by atoms with Crippen LogP contribution in [0.25, 0.3) is 0 Å². The van der Waals surface area contributed by atoms with Crippen LogP contribution in [-0.2, 0) is 0 Å². The Labute approximate surface area is 85.7 Å². The van der Waals surface area contributed by atoms with Crippen molar-refractivity contribution in [1.82, 2.24) is 0 Å². The Morgan fingerprint density at radius 2 is 2.08 bits per heavy atom. The highest BCUT2D eigenvalue weighted by atomic mass is 79.9. The van der Waals surface area contributed by atoms with Crippen LogP contribution < -0.4 is 0 Å². The fourth-order valence-corrected chi connectivity index (χ4v) is 1.61. The van der Waals surface area contributed by atoms with Crippen molar-refractivity contribution in [2.24, 2.45) is 0 Å². The van der Waals surface area contributed by atoms with E-state index in [-0.39, 0.29) is 16.9 Å². The van der Waals surface area contributed by atoms with Crippen LogP contribution >= 0.6 is 15.9 Å². The van der Waals surface area contributed by atoms with Gasteiger partial charge in [-0.25, -0.2) is 0 Å². The molecule has 0 saturated heterocycles. The molecule has 0 bridgehead atoms. The lowest BCUT2D eigenvalue weighted by Crippen LogP contribution is -2.05. The summed E-state index contributed by atoms with van der Waals surface area (Å²) < 4.78 is 0. The van der Waals surface area contributed by atoms with E-state index >= 15 is 0 Å². The van der Waals surface area contributed by atoms with Gasteiger partial charge < -0.3 is 5.11 Å². The van der Waals surface area contributed by atoms with Gasteiger partial charge in [-0.05, 0) is 25.5 Å². The molecule has 70 valence electrons.